The largest absolute Gasteiger partial charge is 0.355 e. The predicted molar refractivity (Wildman–Crippen MR) is 59.5 cm³/mol. The summed E-state index contributed by atoms with van der Waals surface area (Å²) < 4.78 is 0. The van der Waals surface area contributed by atoms with Gasteiger partial charge in [-0.1, -0.05) is 24.3 Å². The third-order valence-electron chi connectivity index (χ3n) is 2.79. The van der Waals surface area contributed by atoms with Crippen molar-refractivity contribution in [3.63, 3.8) is 0 Å². The maximum Gasteiger partial charge on any atom is 0.221 e. The number of carbonyl (C=O) groups excluding carboxylic acids is 1. The van der Waals surface area contributed by atoms with Gasteiger partial charge in [-0.3, -0.25) is 4.79 Å². The van der Waals surface area contributed by atoms with Gasteiger partial charge in [0, 0.05) is 25.6 Å². The van der Waals surface area contributed by atoms with Crippen molar-refractivity contribution >= 4 is 5.91 Å². The molecule has 0 aromatic heterocycles. The van der Waals surface area contributed by atoms with E-state index >= 15 is 0 Å². The molecule has 1 aromatic carbocycles. The van der Waals surface area contributed by atoms with E-state index in [1.807, 2.05) is 12.1 Å². The summed E-state index contributed by atoms with van der Waals surface area (Å²) in [7, 11) is 0. The topological polar surface area (TPSA) is 41.1 Å². The molecule has 1 aliphatic heterocycles. The minimum Gasteiger partial charge on any atom is -0.355 e. The van der Waals surface area contributed by atoms with Crippen LogP contribution in [-0.2, 0) is 4.79 Å². The maximum atomic E-state index is 11.4. The molecule has 0 saturated carbocycles. The zero-order valence-electron chi connectivity index (χ0n) is 8.92. The van der Waals surface area contributed by atoms with Crippen LogP contribution in [0.2, 0.25) is 0 Å². The minimum atomic E-state index is 0.133. The number of hydrogen-bond acceptors (Lipinski definition) is 2. The minimum absolute atomic E-state index is 0.133. The van der Waals surface area contributed by atoms with Crippen molar-refractivity contribution in [2.45, 2.75) is 19.4 Å². The van der Waals surface area contributed by atoms with Crippen molar-refractivity contribution in [1.29, 1.82) is 0 Å². The Morgan fingerprint density at radius 3 is 2.87 bits per heavy atom. The molecule has 1 aromatic rings. The Labute approximate surface area is 89.9 Å². The second-order valence-electron chi connectivity index (χ2n) is 3.92. The van der Waals surface area contributed by atoms with E-state index in [1.165, 1.54) is 11.1 Å². The van der Waals surface area contributed by atoms with Crippen molar-refractivity contribution in [2.24, 2.45) is 0 Å². The highest BCUT2D eigenvalue weighted by Crippen LogP contribution is 2.20. The predicted octanol–water partition coefficient (Wildman–Crippen LogP) is 1.15. The van der Waals surface area contributed by atoms with Gasteiger partial charge in [-0.15, -0.1) is 0 Å². The monoisotopic (exact) mass is 204 g/mol. The molecule has 0 aliphatic carbocycles. The first-order valence-electron chi connectivity index (χ1n) is 5.33. The summed E-state index contributed by atoms with van der Waals surface area (Å²) in [6, 6.07) is 8.38. The van der Waals surface area contributed by atoms with Gasteiger partial charge in [-0.05, 0) is 18.1 Å². The molecule has 1 unspecified atom stereocenters. The molecule has 1 heterocycles. The van der Waals surface area contributed by atoms with Gasteiger partial charge in [0.05, 0.1) is 0 Å². The van der Waals surface area contributed by atoms with E-state index in [9.17, 15) is 4.79 Å². The Hall–Kier alpha value is -1.35. The molecule has 1 amide bonds. The molecule has 3 heteroatoms. The Bertz CT molecular complexity index is 362. The van der Waals surface area contributed by atoms with Crippen molar-refractivity contribution in [3.8, 4) is 0 Å². The van der Waals surface area contributed by atoms with Crippen LogP contribution in [0.3, 0.4) is 0 Å². The first kappa shape index (κ1) is 10.2. The first-order chi connectivity index (χ1) is 7.27. The second-order valence-corrected chi connectivity index (χ2v) is 3.92. The number of nitrogens with one attached hydrogen (secondary N) is 2. The molecule has 15 heavy (non-hydrogen) atoms. The zero-order chi connectivity index (χ0) is 10.7. The summed E-state index contributed by atoms with van der Waals surface area (Å²) >= 11 is 0. The molecule has 1 fully saturated rings. The van der Waals surface area contributed by atoms with Gasteiger partial charge in [0.2, 0.25) is 5.91 Å². The summed E-state index contributed by atoms with van der Waals surface area (Å²) in [5.41, 5.74) is 2.47. The van der Waals surface area contributed by atoms with Crippen LogP contribution in [0.15, 0.2) is 24.3 Å². The third kappa shape index (κ3) is 2.36. The SMILES string of the molecule is Cc1ccccc1C1CC(=O)NCCN1. The lowest BCUT2D eigenvalue weighted by molar-refractivity contribution is -0.121. The van der Waals surface area contributed by atoms with Gasteiger partial charge in [0.15, 0.2) is 0 Å². The molecule has 0 bridgehead atoms. The summed E-state index contributed by atoms with van der Waals surface area (Å²) in [5.74, 6) is 0.133. The van der Waals surface area contributed by atoms with E-state index in [4.69, 9.17) is 0 Å². The smallest absolute Gasteiger partial charge is 0.221 e. The highest BCUT2D eigenvalue weighted by atomic mass is 16.1. The standard InChI is InChI=1S/C12H16N2O/c1-9-4-2-3-5-10(9)11-8-12(15)14-7-6-13-11/h2-5,11,13H,6-8H2,1H3,(H,14,15). The number of aryl methyl sites for hydroxylation is 1. The van der Waals surface area contributed by atoms with Gasteiger partial charge in [0.1, 0.15) is 0 Å². The van der Waals surface area contributed by atoms with E-state index in [0.29, 0.717) is 6.42 Å². The van der Waals surface area contributed by atoms with Crippen LogP contribution in [0, 0.1) is 6.92 Å². The van der Waals surface area contributed by atoms with Crippen molar-refractivity contribution in [3.05, 3.63) is 35.4 Å². The number of hydrogen-bond donors (Lipinski definition) is 2. The number of amides is 1. The van der Waals surface area contributed by atoms with Crippen LogP contribution in [0.25, 0.3) is 0 Å². The highest BCUT2D eigenvalue weighted by Gasteiger charge is 2.19. The summed E-state index contributed by atoms with van der Waals surface area (Å²) in [4.78, 5) is 11.4. The molecular formula is C12H16N2O. The molecule has 1 saturated heterocycles. The molecule has 3 nitrogen and oxygen atoms in total. The van der Waals surface area contributed by atoms with Gasteiger partial charge >= 0.3 is 0 Å². The fraction of sp³-hybridized carbons (Fsp3) is 0.417. The number of carbonyl (C=O) groups is 1. The van der Waals surface area contributed by atoms with Crippen LogP contribution in [-0.4, -0.2) is 19.0 Å². The van der Waals surface area contributed by atoms with Crippen molar-refractivity contribution in [2.75, 3.05) is 13.1 Å². The van der Waals surface area contributed by atoms with E-state index in [1.54, 1.807) is 0 Å². The second kappa shape index (κ2) is 4.45. The molecule has 1 atom stereocenters. The van der Waals surface area contributed by atoms with Gasteiger partial charge in [0.25, 0.3) is 0 Å². The van der Waals surface area contributed by atoms with E-state index in [-0.39, 0.29) is 11.9 Å². The molecule has 80 valence electrons. The summed E-state index contributed by atoms with van der Waals surface area (Å²) in [6.45, 7) is 3.64. The van der Waals surface area contributed by atoms with Crippen LogP contribution < -0.4 is 10.6 Å². The third-order valence-corrected chi connectivity index (χ3v) is 2.79. The fourth-order valence-corrected chi connectivity index (χ4v) is 1.98. The molecule has 2 rings (SSSR count). The Balaban J connectivity index is 2.22. The Kier molecular flexibility index (Phi) is 3.02. The van der Waals surface area contributed by atoms with Gasteiger partial charge in [-0.2, -0.15) is 0 Å². The van der Waals surface area contributed by atoms with E-state index in [0.717, 1.165) is 13.1 Å². The zero-order valence-corrected chi connectivity index (χ0v) is 8.92. The normalized spacial score (nSPS) is 21.9. The summed E-state index contributed by atoms with van der Waals surface area (Å²) in [6.07, 6.45) is 0.533. The van der Waals surface area contributed by atoms with Crippen LogP contribution in [0.4, 0.5) is 0 Å². The van der Waals surface area contributed by atoms with Gasteiger partial charge < -0.3 is 10.6 Å². The fourth-order valence-electron chi connectivity index (χ4n) is 1.98. The lowest BCUT2D eigenvalue weighted by Crippen LogP contribution is -2.24. The van der Waals surface area contributed by atoms with E-state index in [2.05, 4.69) is 29.7 Å². The maximum absolute atomic E-state index is 11.4. The van der Waals surface area contributed by atoms with Crippen LogP contribution in [0.5, 0.6) is 0 Å². The Morgan fingerprint density at radius 1 is 1.27 bits per heavy atom. The van der Waals surface area contributed by atoms with E-state index < -0.39 is 0 Å². The van der Waals surface area contributed by atoms with Crippen molar-refractivity contribution in [1.82, 2.24) is 10.6 Å². The lowest BCUT2D eigenvalue weighted by atomic mass is 9.99. The lowest BCUT2D eigenvalue weighted by Gasteiger charge is -2.17. The average molecular weight is 204 g/mol. The first-order valence-corrected chi connectivity index (χ1v) is 5.33. The van der Waals surface area contributed by atoms with Crippen molar-refractivity contribution < 1.29 is 4.79 Å². The summed E-state index contributed by atoms with van der Waals surface area (Å²) in [5, 5.41) is 6.25. The number of rotatable bonds is 1. The Morgan fingerprint density at radius 2 is 2.07 bits per heavy atom. The van der Waals surface area contributed by atoms with Crippen LogP contribution >= 0.6 is 0 Å². The molecular weight excluding hydrogens is 188 g/mol. The quantitative estimate of drug-likeness (QED) is 0.720. The average Bonchev–Trinajstić information content (AvgIpc) is 2.43. The molecule has 0 radical (unpaired) electrons. The van der Waals surface area contributed by atoms with Crippen LogP contribution in [0.1, 0.15) is 23.6 Å². The molecule has 1 aliphatic rings. The van der Waals surface area contributed by atoms with Gasteiger partial charge in [-0.25, -0.2) is 0 Å². The molecule has 2 N–H and O–H groups in total. The highest BCUT2D eigenvalue weighted by molar-refractivity contribution is 5.77. The number of benzene rings is 1. The molecule has 0 spiro atoms.